The first kappa shape index (κ1) is 11.7. The van der Waals surface area contributed by atoms with Crippen LogP contribution in [0.1, 0.15) is 41.5 Å². The maximum Gasteiger partial charge on any atom is 0.346 e. The van der Waals surface area contributed by atoms with Crippen molar-refractivity contribution in [2.24, 2.45) is 10.8 Å². The Bertz CT molecular complexity index is 269. The molecule has 0 aromatic rings. The van der Waals surface area contributed by atoms with Crippen LogP contribution in [0.2, 0.25) is 0 Å². The topological polar surface area (TPSA) is 27.1 Å². The Balaban J connectivity index is 1.99. The van der Waals surface area contributed by atoms with Gasteiger partial charge in [0.15, 0.2) is 0 Å². The molecule has 0 unspecified atom stereocenters. The summed E-state index contributed by atoms with van der Waals surface area (Å²) in [4.78, 5) is 0. The predicted octanol–water partition coefficient (Wildman–Crippen LogP) is 1.39. The van der Waals surface area contributed by atoms with E-state index in [-0.39, 0.29) is 0 Å². The molecular formula is C13H26N3+. The van der Waals surface area contributed by atoms with Crippen LogP contribution in [0.3, 0.4) is 0 Å². The number of guanidine groups is 1. The molecule has 2 N–H and O–H groups in total. The summed E-state index contributed by atoms with van der Waals surface area (Å²) < 4.78 is 2.46. The van der Waals surface area contributed by atoms with Crippen LogP contribution in [-0.2, 0) is 0 Å². The first-order valence-corrected chi connectivity index (χ1v) is 6.33. The largest absolute Gasteiger partial charge is 0.346 e. The van der Waals surface area contributed by atoms with E-state index in [9.17, 15) is 0 Å². The number of rotatable bonds is 0. The van der Waals surface area contributed by atoms with E-state index in [1.807, 2.05) is 0 Å². The molecule has 92 valence electrons. The lowest BCUT2D eigenvalue weighted by Crippen LogP contribution is -2.50. The van der Waals surface area contributed by atoms with Crippen molar-refractivity contribution in [3.05, 3.63) is 0 Å². The predicted molar refractivity (Wildman–Crippen MR) is 67.8 cm³/mol. The van der Waals surface area contributed by atoms with Gasteiger partial charge in [-0.2, -0.15) is 0 Å². The van der Waals surface area contributed by atoms with Gasteiger partial charge in [0.05, 0.1) is 0 Å². The van der Waals surface area contributed by atoms with Gasteiger partial charge in [-0.1, -0.05) is 41.5 Å². The molecule has 0 aromatic carbocycles. The summed E-state index contributed by atoms with van der Waals surface area (Å²) in [5.74, 6) is 1.25. The highest BCUT2D eigenvalue weighted by molar-refractivity contribution is 5.78. The van der Waals surface area contributed by atoms with Crippen LogP contribution in [0.5, 0.6) is 0 Å². The summed E-state index contributed by atoms with van der Waals surface area (Å²) in [7, 11) is 0. The Morgan fingerprint density at radius 1 is 0.875 bits per heavy atom. The van der Waals surface area contributed by atoms with E-state index >= 15 is 0 Å². The van der Waals surface area contributed by atoms with Crippen LogP contribution in [0.4, 0.5) is 0 Å². The molecule has 0 saturated carbocycles. The van der Waals surface area contributed by atoms with Crippen molar-refractivity contribution in [1.29, 1.82) is 0 Å². The van der Waals surface area contributed by atoms with Crippen molar-refractivity contribution in [2.75, 3.05) is 13.1 Å². The van der Waals surface area contributed by atoms with Crippen molar-refractivity contribution >= 4 is 5.96 Å². The lowest BCUT2D eigenvalue weighted by molar-refractivity contribution is -0.518. The zero-order valence-corrected chi connectivity index (χ0v) is 11.5. The van der Waals surface area contributed by atoms with Crippen LogP contribution in [0.25, 0.3) is 0 Å². The van der Waals surface area contributed by atoms with Gasteiger partial charge in [-0.15, -0.1) is 0 Å². The summed E-state index contributed by atoms with van der Waals surface area (Å²) in [6.07, 6.45) is 0. The summed E-state index contributed by atoms with van der Waals surface area (Å²) in [6.45, 7) is 16.1. The molecule has 2 rings (SSSR count). The molecule has 0 aliphatic carbocycles. The quantitative estimate of drug-likeness (QED) is 0.608. The van der Waals surface area contributed by atoms with Crippen LogP contribution in [0.15, 0.2) is 0 Å². The fourth-order valence-corrected chi connectivity index (χ4v) is 2.32. The zero-order chi connectivity index (χ0) is 12.1. The second-order valence-electron chi connectivity index (χ2n) is 7.38. The Hall–Kier alpha value is -0.730. The molecule has 0 radical (unpaired) electrons. The van der Waals surface area contributed by atoms with E-state index < -0.39 is 0 Å². The van der Waals surface area contributed by atoms with Gasteiger partial charge in [0.2, 0.25) is 0 Å². The molecule has 2 aliphatic heterocycles. The maximum absolute atomic E-state index is 3.63. The normalized spacial score (nSPS) is 30.1. The van der Waals surface area contributed by atoms with Gasteiger partial charge in [0.25, 0.3) is 0 Å². The standard InChI is InChI=1S/C13H25N3/c1-12(2,3)9-7-16-8-10(13(4,5)6)15-11(16)14-9/h9-10H,7-8H2,1-6H3,(H,14,15)/p+1/t9-,10-/m1/s1. The summed E-state index contributed by atoms with van der Waals surface area (Å²) in [5.41, 5.74) is 0.659. The Morgan fingerprint density at radius 2 is 1.25 bits per heavy atom. The molecule has 3 heteroatoms. The van der Waals surface area contributed by atoms with Gasteiger partial charge in [0, 0.05) is 0 Å². The Morgan fingerprint density at radius 3 is 1.50 bits per heavy atom. The summed E-state index contributed by atoms with van der Waals surface area (Å²) >= 11 is 0. The van der Waals surface area contributed by atoms with Crippen molar-refractivity contribution in [1.82, 2.24) is 10.6 Å². The lowest BCUT2D eigenvalue weighted by atomic mass is 9.85. The van der Waals surface area contributed by atoms with E-state index in [0.717, 1.165) is 13.1 Å². The van der Waals surface area contributed by atoms with Crippen molar-refractivity contribution in [2.45, 2.75) is 53.6 Å². The number of nitrogens with zero attached hydrogens (tertiary/aromatic N) is 1. The SMILES string of the molecule is CC(C)(C)[C@H]1C[N+]2=C(N1)N[C@@H](C(C)(C)C)C2. The minimum atomic E-state index is 0.330. The van der Waals surface area contributed by atoms with Gasteiger partial charge in [-0.3, -0.25) is 15.2 Å². The van der Waals surface area contributed by atoms with Crippen molar-refractivity contribution in [3.8, 4) is 0 Å². The second kappa shape index (κ2) is 3.38. The molecule has 16 heavy (non-hydrogen) atoms. The molecule has 0 bridgehead atoms. The smallest absolute Gasteiger partial charge is 0.271 e. The average molecular weight is 224 g/mol. The van der Waals surface area contributed by atoms with Crippen molar-refractivity contribution in [3.63, 3.8) is 0 Å². The van der Waals surface area contributed by atoms with Crippen LogP contribution >= 0.6 is 0 Å². The highest BCUT2D eigenvalue weighted by Crippen LogP contribution is 2.26. The highest BCUT2D eigenvalue weighted by atomic mass is 15.4. The molecule has 0 amide bonds. The molecule has 0 saturated heterocycles. The molecule has 0 fully saturated rings. The third-order valence-electron chi connectivity index (χ3n) is 3.83. The maximum atomic E-state index is 3.63. The van der Waals surface area contributed by atoms with Crippen LogP contribution in [-0.4, -0.2) is 35.7 Å². The molecule has 2 aliphatic rings. The van der Waals surface area contributed by atoms with Crippen molar-refractivity contribution < 1.29 is 4.58 Å². The first-order chi connectivity index (χ1) is 7.18. The Kier molecular flexibility index (Phi) is 2.48. The van der Waals surface area contributed by atoms with E-state index in [4.69, 9.17) is 0 Å². The average Bonchev–Trinajstić information content (AvgIpc) is 2.53. The third kappa shape index (κ3) is 2.04. The molecule has 3 nitrogen and oxygen atoms in total. The Labute approximate surface area is 99.3 Å². The van der Waals surface area contributed by atoms with Gasteiger partial charge < -0.3 is 0 Å². The van der Waals surface area contributed by atoms with Gasteiger partial charge in [0.1, 0.15) is 25.2 Å². The molecule has 2 heterocycles. The van der Waals surface area contributed by atoms with Gasteiger partial charge in [-0.25, -0.2) is 0 Å². The van der Waals surface area contributed by atoms with Crippen LogP contribution in [0, 0.1) is 10.8 Å². The third-order valence-corrected chi connectivity index (χ3v) is 3.83. The lowest BCUT2D eigenvalue weighted by Gasteiger charge is -2.28. The van der Waals surface area contributed by atoms with E-state index in [0.29, 0.717) is 22.9 Å². The van der Waals surface area contributed by atoms with Gasteiger partial charge >= 0.3 is 5.96 Å². The van der Waals surface area contributed by atoms with E-state index in [1.165, 1.54) is 5.96 Å². The van der Waals surface area contributed by atoms with E-state index in [2.05, 4.69) is 56.8 Å². The fourth-order valence-electron chi connectivity index (χ4n) is 2.32. The summed E-state index contributed by atoms with van der Waals surface area (Å²) in [6, 6.07) is 1.13. The number of hydrogen-bond acceptors (Lipinski definition) is 2. The fraction of sp³-hybridized carbons (Fsp3) is 0.923. The zero-order valence-electron chi connectivity index (χ0n) is 11.5. The molecule has 2 atom stereocenters. The second-order valence-corrected chi connectivity index (χ2v) is 7.38. The number of hydrogen-bond donors (Lipinski definition) is 2. The van der Waals surface area contributed by atoms with Crippen LogP contribution < -0.4 is 10.6 Å². The minimum absolute atomic E-state index is 0.330. The first-order valence-electron chi connectivity index (χ1n) is 6.33. The van der Waals surface area contributed by atoms with E-state index in [1.54, 1.807) is 0 Å². The monoisotopic (exact) mass is 224 g/mol. The van der Waals surface area contributed by atoms with Gasteiger partial charge in [-0.05, 0) is 10.8 Å². The molecular weight excluding hydrogens is 198 g/mol. The minimum Gasteiger partial charge on any atom is -0.271 e. The molecule has 0 spiro atoms. The number of nitrogens with one attached hydrogen (secondary N) is 2. The summed E-state index contributed by atoms with van der Waals surface area (Å²) in [5, 5.41) is 7.25. The highest BCUT2D eigenvalue weighted by Gasteiger charge is 2.45. The molecule has 0 aromatic heterocycles.